The standard InChI is InChI=1S/C33H61N7O14/c34-7-17-24(45)25(46)22(39)31(49-17)53-28-19(10-41)51-32(26(28)47)54-29-23(44)12(4-21(43)33(48)6-20(33)38)3-14(36)27(29)52-30-15(37)5-16(42)18(50-30)9-40-8-11-1-13(35)2-11/h11-20,22-32,40-42,44-48H,1-10,34-39H2/t11?,12-,13?,14-,15+,16-,17-,18+,19+,20?,22+,23-,24+,25+,26+,27+,28+,29+,30+,31+,32-,33?/m0/s1. The van der Waals surface area contributed by atoms with E-state index in [0.29, 0.717) is 19.0 Å². The predicted molar refractivity (Wildman–Crippen MR) is 184 cm³/mol. The number of rotatable bonds is 15. The Morgan fingerprint density at radius 1 is 0.722 bits per heavy atom. The van der Waals surface area contributed by atoms with Crippen LogP contribution >= 0.6 is 0 Å². The van der Waals surface area contributed by atoms with E-state index in [9.17, 15) is 40.5 Å². The van der Waals surface area contributed by atoms with Crippen LogP contribution in [0.25, 0.3) is 0 Å². The van der Waals surface area contributed by atoms with Crippen molar-refractivity contribution >= 4 is 5.78 Å². The number of nitrogens with one attached hydrogen (secondary N) is 1. The maximum absolute atomic E-state index is 13.1. The molecule has 6 fully saturated rings. The van der Waals surface area contributed by atoms with Crippen LogP contribution in [0.5, 0.6) is 0 Å². The number of hydrogen-bond donors (Lipinski definition) is 14. The van der Waals surface area contributed by atoms with Crippen molar-refractivity contribution in [3.05, 3.63) is 0 Å². The molecule has 3 aliphatic heterocycles. The summed E-state index contributed by atoms with van der Waals surface area (Å²) in [7, 11) is 0. The summed E-state index contributed by atoms with van der Waals surface area (Å²) in [6.45, 7) is 0.147. The van der Waals surface area contributed by atoms with Crippen LogP contribution in [-0.2, 0) is 33.2 Å². The molecule has 20 atom stereocenters. The molecule has 3 saturated carbocycles. The molecule has 0 aromatic carbocycles. The molecule has 0 aromatic rings. The Balaban J connectivity index is 1.17. The van der Waals surface area contributed by atoms with Crippen LogP contribution in [0.4, 0.5) is 0 Å². The summed E-state index contributed by atoms with van der Waals surface area (Å²) in [4.78, 5) is 13.1. The predicted octanol–water partition coefficient (Wildman–Crippen LogP) is -7.79. The highest BCUT2D eigenvalue weighted by Gasteiger charge is 2.59. The van der Waals surface area contributed by atoms with E-state index in [4.69, 9.17) is 62.8 Å². The third kappa shape index (κ3) is 8.80. The molecule has 3 aliphatic carbocycles. The highest BCUT2D eigenvalue weighted by molar-refractivity contribution is 5.91. The molecule has 0 aromatic heterocycles. The second kappa shape index (κ2) is 17.4. The van der Waals surface area contributed by atoms with Gasteiger partial charge in [-0.1, -0.05) is 0 Å². The monoisotopic (exact) mass is 779 g/mol. The van der Waals surface area contributed by atoms with Crippen molar-refractivity contribution in [2.75, 3.05) is 26.2 Å². The van der Waals surface area contributed by atoms with Crippen LogP contribution in [-0.4, -0.2) is 190 Å². The van der Waals surface area contributed by atoms with Gasteiger partial charge in [0.05, 0.1) is 37.0 Å². The van der Waals surface area contributed by atoms with Gasteiger partial charge in [0.15, 0.2) is 24.7 Å². The number of hydrogen-bond acceptors (Lipinski definition) is 21. The Kier molecular flexibility index (Phi) is 13.7. The minimum absolute atomic E-state index is 0.0499. The van der Waals surface area contributed by atoms with E-state index in [2.05, 4.69) is 5.32 Å². The first-order chi connectivity index (χ1) is 25.6. The number of nitrogens with two attached hydrogens (primary N) is 6. The first kappa shape index (κ1) is 42.5. The van der Waals surface area contributed by atoms with Crippen LogP contribution in [0.1, 0.15) is 38.5 Å². The molecule has 6 rings (SSSR count). The van der Waals surface area contributed by atoms with Crippen LogP contribution < -0.4 is 39.7 Å². The summed E-state index contributed by atoms with van der Waals surface area (Å²) in [6, 6.07) is -3.52. The van der Waals surface area contributed by atoms with Crippen molar-refractivity contribution in [1.82, 2.24) is 5.32 Å². The highest BCUT2D eigenvalue weighted by atomic mass is 16.8. The Bertz CT molecular complexity index is 1260. The van der Waals surface area contributed by atoms with Gasteiger partial charge in [-0.25, -0.2) is 0 Å². The van der Waals surface area contributed by atoms with Crippen molar-refractivity contribution in [2.24, 2.45) is 46.2 Å². The number of aliphatic hydroxyl groups is 7. The van der Waals surface area contributed by atoms with Crippen LogP contribution in [0.2, 0.25) is 0 Å². The van der Waals surface area contributed by atoms with Gasteiger partial charge in [-0.05, 0) is 44.1 Å². The van der Waals surface area contributed by atoms with E-state index in [1.54, 1.807) is 0 Å². The molecule has 21 heteroatoms. The minimum atomic E-state index is -1.71. The van der Waals surface area contributed by atoms with Crippen molar-refractivity contribution < 1.29 is 69.0 Å². The van der Waals surface area contributed by atoms with E-state index in [1.807, 2.05) is 0 Å². The average molecular weight is 780 g/mol. The highest BCUT2D eigenvalue weighted by Crippen LogP contribution is 2.41. The molecular weight excluding hydrogens is 718 g/mol. The normalized spacial score (nSPS) is 52.2. The second-order valence-electron chi connectivity index (χ2n) is 16.1. The fraction of sp³-hybridized carbons (Fsp3) is 0.970. The molecule has 3 saturated heterocycles. The summed E-state index contributed by atoms with van der Waals surface area (Å²) in [5, 5.41) is 78.8. The fourth-order valence-corrected chi connectivity index (χ4v) is 8.36. The summed E-state index contributed by atoms with van der Waals surface area (Å²) >= 11 is 0. The number of ether oxygens (including phenoxy) is 6. The molecule has 54 heavy (non-hydrogen) atoms. The first-order valence-electron chi connectivity index (χ1n) is 18.9. The summed E-state index contributed by atoms with van der Waals surface area (Å²) in [6.07, 6.45) is -16.1. The number of ketones is 1. The van der Waals surface area contributed by atoms with E-state index < -0.39 is 134 Å². The summed E-state index contributed by atoms with van der Waals surface area (Å²) in [5.74, 6) is -0.973. The Morgan fingerprint density at radius 2 is 1.35 bits per heavy atom. The average Bonchev–Trinajstić information content (AvgIpc) is 3.64. The van der Waals surface area contributed by atoms with Crippen LogP contribution in [0, 0.1) is 11.8 Å². The molecule has 2 unspecified atom stereocenters. The Morgan fingerprint density at radius 3 is 1.98 bits per heavy atom. The van der Waals surface area contributed by atoms with E-state index in [0.717, 1.165) is 12.8 Å². The van der Waals surface area contributed by atoms with Gasteiger partial charge in [0, 0.05) is 44.1 Å². The van der Waals surface area contributed by atoms with E-state index in [1.165, 1.54) is 0 Å². The topological polar surface area (TPSA) is 382 Å². The third-order valence-corrected chi connectivity index (χ3v) is 12.0. The van der Waals surface area contributed by atoms with Gasteiger partial charge in [0.2, 0.25) is 0 Å². The summed E-state index contributed by atoms with van der Waals surface area (Å²) < 4.78 is 36.2. The Labute approximate surface area is 312 Å². The molecule has 6 aliphatic rings. The lowest BCUT2D eigenvalue weighted by atomic mass is 9.76. The van der Waals surface area contributed by atoms with Gasteiger partial charge < -0.3 is 104 Å². The van der Waals surface area contributed by atoms with Crippen molar-refractivity contribution in [2.45, 2.75) is 160 Å². The van der Waals surface area contributed by atoms with Gasteiger partial charge in [0.25, 0.3) is 0 Å². The number of aliphatic hydroxyl groups excluding tert-OH is 6. The van der Waals surface area contributed by atoms with Crippen molar-refractivity contribution in [1.29, 1.82) is 0 Å². The zero-order chi connectivity index (χ0) is 39.2. The lowest BCUT2D eigenvalue weighted by Gasteiger charge is -2.47. The minimum Gasteiger partial charge on any atom is -0.394 e. The van der Waals surface area contributed by atoms with Crippen LogP contribution in [0.15, 0.2) is 0 Å². The van der Waals surface area contributed by atoms with Crippen LogP contribution in [0.3, 0.4) is 0 Å². The molecule has 0 spiro atoms. The third-order valence-electron chi connectivity index (χ3n) is 12.0. The van der Waals surface area contributed by atoms with Gasteiger partial charge in [-0.2, -0.15) is 0 Å². The molecule has 312 valence electrons. The maximum Gasteiger partial charge on any atom is 0.187 e. The van der Waals surface area contributed by atoms with E-state index >= 15 is 0 Å². The molecule has 0 radical (unpaired) electrons. The lowest BCUT2D eigenvalue weighted by molar-refractivity contribution is -0.299. The number of Topliss-reactive ketones (excluding diaryl/α,β-unsaturated/α-hetero) is 1. The zero-order valence-corrected chi connectivity index (χ0v) is 30.1. The SMILES string of the molecule is NC[C@@H]1O[C@H](O[C@H]2[C@@H](O)[C@H](O[C@@H]3[C@@H](O)[C@H](CC(=O)C4(O)CC4N)C[C@H](N)[C@H]3O[C@H]3O[C@H](CNCC4CC(N)C4)[C@@H](O)C[C@H]3N)O[C@@H]2CO)[C@H](N)[C@@H](O)[C@@H]1O. The second-order valence-corrected chi connectivity index (χ2v) is 16.1. The zero-order valence-electron chi connectivity index (χ0n) is 30.1. The Hall–Kier alpha value is -1.13. The smallest absolute Gasteiger partial charge is 0.187 e. The van der Waals surface area contributed by atoms with E-state index in [-0.39, 0.29) is 38.3 Å². The molecule has 0 bridgehead atoms. The maximum atomic E-state index is 13.1. The van der Waals surface area contributed by atoms with Crippen molar-refractivity contribution in [3.63, 3.8) is 0 Å². The fourth-order valence-electron chi connectivity index (χ4n) is 8.36. The molecule has 20 N–H and O–H groups in total. The van der Waals surface area contributed by atoms with Gasteiger partial charge >= 0.3 is 0 Å². The number of carbonyl (C=O) groups excluding carboxylic acids is 1. The van der Waals surface area contributed by atoms with Gasteiger partial charge in [-0.3, -0.25) is 4.79 Å². The lowest BCUT2D eigenvalue weighted by Crippen LogP contribution is -2.64. The number of carbonyl (C=O) groups is 1. The van der Waals surface area contributed by atoms with Gasteiger partial charge in [0.1, 0.15) is 54.4 Å². The molecule has 0 amide bonds. The van der Waals surface area contributed by atoms with Gasteiger partial charge in [-0.15, -0.1) is 0 Å². The first-order valence-corrected chi connectivity index (χ1v) is 18.9. The molecule has 21 nitrogen and oxygen atoms in total. The summed E-state index contributed by atoms with van der Waals surface area (Å²) in [5.41, 5.74) is 34.8. The molecule has 3 heterocycles. The quantitative estimate of drug-likeness (QED) is 0.0734. The molecular formula is C33H61N7O14. The largest absolute Gasteiger partial charge is 0.394 e. The van der Waals surface area contributed by atoms with Crippen molar-refractivity contribution in [3.8, 4) is 0 Å².